The molecule has 2 amide bonds. The van der Waals surface area contributed by atoms with E-state index in [0.717, 1.165) is 22.2 Å². The first kappa shape index (κ1) is 43.5. The molecule has 6 aromatic rings. The number of halogens is 3. The summed E-state index contributed by atoms with van der Waals surface area (Å²) in [5.41, 5.74) is -0.954. The third-order valence-corrected chi connectivity index (χ3v) is 11.0. The Kier molecular flexibility index (Phi) is 12.3. The summed E-state index contributed by atoms with van der Waals surface area (Å²) in [7, 11) is -1.84. The zero-order valence-electron chi connectivity index (χ0n) is 33.4. The standard InChI is InChI=1S/C40H38ClF2N5O10S2/c1-39(2,3)56-37(49)48(38(50)57-40(4,5)6)35-28-15-22(10-13-32(28)58-46-35)27-16-24(41)11-14-31(27)55-34-29(42)18-26(19-30(34)43)60(51,52)47(36-44-21-45-59-36)20-23-9-12-25(53-7)17-33(23)54-8/h9-19,21H,20H2,1-8H3. The molecule has 0 aliphatic rings. The van der Waals surface area contributed by atoms with Gasteiger partial charge in [0, 0.05) is 33.7 Å². The van der Waals surface area contributed by atoms with Crippen LogP contribution < -0.4 is 23.4 Å². The highest BCUT2D eigenvalue weighted by Crippen LogP contribution is 2.41. The number of hydrogen-bond acceptors (Lipinski definition) is 14. The number of carbonyl (C=O) groups excluding carboxylic acids is 2. The fourth-order valence-electron chi connectivity index (χ4n) is 5.62. The molecule has 0 bridgehead atoms. The molecule has 0 saturated heterocycles. The molecule has 0 N–H and O–H groups in total. The second kappa shape index (κ2) is 16.9. The van der Waals surface area contributed by atoms with Crippen LogP contribution in [0.2, 0.25) is 5.02 Å². The number of ether oxygens (including phenoxy) is 5. The summed E-state index contributed by atoms with van der Waals surface area (Å²) >= 11 is 7.15. The van der Waals surface area contributed by atoms with Gasteiger partial charge in [-0.2, -0.15) is 9.27 Å². The predicted molar refractivity (Wildman–Crippen MR) is 219 cm³/mol. The van der Waals surface area contributed by atoms with Gasteiger partial charge in [0.15, 0.2) is 28.8 Å². The second-order valence-corrected chi connectivity index (χ2v) is 17.9. The van der Waals surface area contributed by atoms with E-state index >= 15 is 8.78 Å². The molecule has 0 aliphatic heterocycles. The molecule has 0 atom stereocenters. The van der Waals surface area contributed by atoms with Crippen molar-refractivity contribution in [1.29, 1.82) is 0 Å². The Morgan fingerprint density at radius 1 is 0.850 bits per heavy atom. The van der Waals surface area contributed by atoms with E-state index < -0.39 is 55.7 Å². The number of fused-ring (bicyclic) bond motifs is 1. The Hall–Kier alpha value is -6.05. The summed E-state index contributed by atoms with van der Waals surface area (Å²) in [5, 5.41) is 4.26. The van der Waals surface area contributed by atoms with Crippen molar-refractivity contribution in [2.24, 2.45) is 0 Å². The molecule has 60 heavy (non-hydrogen) atoms. The van der Waals surface area contributed by atoms with Gasteiger partial charge in [-0.1, -0.05) is 22.8 Å². The lowest BCUT2D eigenvalue weighted by atomic mass is 10.0. The average Bonchev–Trinajstić information content (AvgIpc) is 3.85. The number of hydrogen-bond donors (Lipinski definition) is 0. The molecule has 0 saturated carbocycles. The summed E-state index contributed by atoms with van der Waals surface area (Å²) in [6.45, 7) is 9.36. The maximum absolute atomic E-state index is 16.0. The number of rotatable bonds is 11. The fraction of sp³-hybridized carbons (Fsp3) is 0.275. The van der Waals surface area contributed by atoms with E-state index in [4.69, 9.17) is 39.8 Å². The molecule has 0 spiro atoms. The number of imide groups is 1. The molecular formula is C40H38ClF2N5O10S2. The minimum Gasteiger partial charge on any atom is -0.497 e. The zero-order valence-corrected chi connectivity index (χ0v) is 35.8. The summed E-state index contributed by atoms with van der Waals surface area (Å²) < 4.78 is 98.0. The van der Waals surface area contributed by atoms with E-state index in [0.29, 0.717) is 39.7 Å². The topological polar surface area (TPSA) is 173 Å². The summed E-state index contributed by atoms with van der Waals surface area (Å²) in [5.74, 6) is -3.25. The third-order valence-electron chi connectivity index (χ3n) is 8.21. The molecule has 15 nitrogen and oxygen atoms in total. The van der Waals surface area contributed by atoms with E-state index in [-0.39, 0.29) is 44.8 Å². The van der Waals surface area contributed by atoms with Crippen LogP contribution in [0, 0.1) is 11.6 Å². The Morgan fingerprint density at radius 3 is 2.10 bits per heavy atom. The lowest BCUT2D eigenvalue weighted by molar-refractivity contribution is 0.0427. The van der Waals surface area contributed by atoms with Crippen molar-refractivity contribution in [1.82, 2.24) is 14.5 Å². The van der Waals surface area contributed by atoms with Crippen molar-refractivity contribution in [2.75, 3.05) is 23.4 Å². The smallest absolute Gasteiger partial charge is 0.425 e. The van der Waals surface area contributed by atoms with Gasteiger partial charge in [-0.15, -0.1) is 0 Å². The summed E-state index contributed by atoms with van der Waals surface area (Å²) in [6, 6.07) is 14.8. The molecule has 2 heterocycles. The molecule has 0 aliphatic carbocycles. The van der Waals surface area contributed by atoms with Gasteiger partial charge in [0.1, 0.15) is 34.8 Å². The van der Waals surface area contributed by atoms with Crippen molar-refractivity contribution >= 4 is 67.3 Å². The van der Waals surface area contributed by atoms with Crippen molar-refractivity contribution < 1.29 is 55.0 Å². The van der Waals surface area contributed by atoms with Crippen LogP contribution in [0.4, 0.5) is 29.3 Å². The van der Waals surface area contributed by atoms with Crippen molar-refractivity contribution in [3.63, 3.8) is 0 Å². The van der Waals surface area contributed by atoms with Crippen LogP contribution in [-0.4, -0.2) is 60.5 Å². The van der Waals surface area contributed by atoms with E-state index in [1.807, 2.05) is 0 Å². The molecule has 2 aromatic heterocycles. The van der Waals surface area contributed by atoms with E-state index in [1.165, 1.54) is 44.6 Å². The highest BCUT2D eigenvalue weighted by molar-refractivity contribution is 7.93. The van der Waals surface area contributed by atoms with Crippen molar-refractivity contribution in [3.8, 4) is 34.1 Å². The van der Waals surface area contributed by atoms with Crippen LogP contribution in [0.15, 0.2) is 82.5 Å². The van der Waals surface area contributed by atoms with Gasteiger partial charge < -0.3 is 28.2 Å². The van der Waals surface area contributed by atoms with Crippen LogP contribution in [0.3, 0.4) is 0 Å². The molecular weight excluding hydrogens is 848 g/mol. The van der Waals surface area contributed by atoms with Gasteiger partial charge in [-0.25, -0.2) is 36.1 Å². The van der Waals surface area contributed by atoms with Gasteiger partial charge in [-0.05, 0) is 102 Å². The fourth-order valence-corrected chi connectivity index (χ4v) is 7.95. The van der Waals surface area contributed by atoms with Crippen LogP contribution in [-0.2, 0) is 26.0 Å². The Labute approximate surface area is 352 Å². The third kappa shape index (κ3) is 9.53. The van der Waals surface area contributed by atoms with Crippen LogP contribution in [0.1, 0.15) is 47.1 Å². The number of benzene rings is 4. The minimum atomic E-state index is -4.70. The van der Waals surface area contributed by atoms with Gasteiger partial charge in [-0.3, -0.25) is 0 Å². The Bertz CT molecular complexity index is 2630. The number of carbonyl (C=O) groups is 2. The summed E-state index contributed by atoms with van der Waals surface area (Å²) in [4.78, 5) is 30.7. The minimum absolute atomic E-state index is 0.0759. The molecule has 0 unspecified atom stereocenters. The number of sulfonamides is 1. The maximum Gasteiger partial charge on any atom is 0.425 e. The number of methoxy groups -OCH3 is 2. The van der Waals surface area contributed by atoms with E-state index in [9.17, 15) is 18.0 Å². The monoisotopic (exact) mass is 885 g/mol. The molecule has 20 heteroatoms. The quantitative estimate of drug-likeness (QED) is 0.120. The first-order valence-corrected chi connectivity index (χ1v) is 20.4. The molecule has 316 valence electrons. The van der Waals surface area contributed by atoms with Gasteiger partial charge in [0.2, 0.25) is 5.13 Å². The van der Waals surface area contributed by atoms with Crippen LogP contribution >= 0.6 is 23.1 Å². The zero-order chi connectivity index (χ0) is 43.7. The number of anilines is 2. The number of aromatic nitrogens is 3. The predicted octanol–water partition coefficient (Wildman–Crippen LogP) is 10.2. The van der Waals surface area contributed by atoms with Gasteiger partial charge in [0.25, 0.3) is 10.0 Å². The molecule has 0 fully saturated rings. The normalized spacial score (nSPS) is 11.9. The molecule has 0 radical (unpaired) electrons. The Balaban J connectivity index is 1.37. The number of nitrogens with zero attached hydrogens (tertiary/aromatic N) is 5. The average molecular weight is 886 g/mol. The first-order valence-electron chi connectivity index (χ1n) is 17.8. The lowest BCUT2D eigenvalue weighted by Gasteiger charge is -2.27. The Morgan fingerprint density at radius 2 is 1.52 bits per heavy atom. The highest BCUT2D eigenvalue weighted by Gasteiger charge is 2.36. The van der Waals surface area contributed by atoms with E-state index in [2.05, 4.69) is 14.5 Å². The highest BCUT2D eigenvalue weighted by atomic mass is 35.5. The van der Waals surface area contributed by atoms with Crippen LogP contribution in [0.5, 0.6) is 23.0 Å². The maximum atomic E-state index is 16.0. The van der Waals surface area contributed by atoms with E-state index in [1.54, 1.807) is 65.8 Å². The molecule has 4 aromatic carbocycles. The summed E-state index contributed by atoms with van der Waals surface area (Å²) in [6.07, 6.45) is -1.03. The number of amides is 2. The largest absolute Gasteiger partial charge is 0.497 e. The van der Waals surface area contributed by atoms with Crippen molar-refractivity contribution in [2.45, 2.75) is 64.2 Å². The second-order valence-electron chi connectivity index (χ2n) is 14.9. The van der Waals surface area contributed by atoms with Crippen LogP contribution in [0.25, 0.3) is 22.1 Å². The first-order chi connectivity index (χ1) is 28.2. The van der Waals surface area contributed by atoms with Gasteiger partial charge >= 0.3 is 12.2 Å². The molecule has 6 rings (SSSR count). The SMILES string of the molecule is COc1ccc(CN(c2ncns2)S(=O)(=O)c2cc(F)c(Oc3ccc(Cl)cc3-c3ccc4onc(N(C(=O)OC(C)(C)C)C(=O)OC(C)(C)C)c4c3)c(F)c2)c(OC)c1. The van der Waals surface area contributed by atoms with Gasteiger partial charge in [0.05, 0.1) is 31.0 Å². The van der Waals surface area contributed by atoms with Crippen molar-refractivity contribution in [3.05, 3.63) is 95.3 Å². The lowest BCUT2D eigenvalue weighted by Crippen LogP contribution is -2.44.